The molecule has 30 heteroatoms. The number of nitrogens with two attached hydrogens (primary N) is 1. The van der Waals surface area contributed by atoms with Gasteiger partial charge in [-0.15, -0.1) is 5.10 Å². The molecule has 468 valence electrons. The predicted octanol–water partition coefficient (Wildman–Crippen LogP) is 3.27. The van der Waals surface area contributed by atoms with Gasteiger partial charge in [0.05, 0.1) is 70.6 Å². The third-order valence-corrected chi connectivity index (χ3v) is 13.1. The van der Waals surface area contributed by atoms with Crippen molar-refractivity contribution < 1.29 is 75.2 Å². The van der Waals surface area contributed by atoms with Gasteiger partial charge in [-0.2, -0.15) is 18.2 Å². The van der Waals surface area contributed by atoms with Crippen LogP contribution in [-0.4, -0.2) is 179 Å². The average molecular weight is 1200 g/mol. The summed E-state index contributed by atoms with van der Waals surface area (Å²) in [7, 11) is 4.12. The van der Waals surface area contributed by atoms with Gasteiger partial charge in [0.25, 0.3) is 11.5 Å². The van der Waals surface area contributed by atoms with Crippen molar-refractivity contribution in [2.75, 3.05) is 77.6 Å². The molecule has 3 aromatic heterocycles. The summed E-state index contributed by atoms with van der Waals surface area (Å²) < 4.78 is 70.5. The third kappa shape index (κ3) is 23.6. The molecule has 0 radical (unpaired) electrons. The molecule has 1 aliphatic heterocycles. The summed E-state index contributed by atoms with van der Waals surface area (Å²) >= 11 is 0. The number of ether oxygens (including phenoxy) is 5. The molecule has 0 spiro atoms. The maximum atomic E-state index is 13.8. The first-order valence-electron chi connectivity index (χ1n) is 28.0. The molecule has 0 unspecified atom stereocenters. The summed E-state index contributed by atoms with van der Waals surface area (Å²) in [4.78, 5) is 129. The number of carbonyl (C=O) groups excluding carboxylic acids is 8. The Bertz CT molecular complexity index is 2890. The van der Waals surface area contributed by atoms with E-state index in [-0.39, 0.29) is 95.9 Å². The van der Waals surface area contributed by atoms with E-state index in [0.29, 0.717) is 103 Å². The zero-order valence-corrected chi connectivity index (χ0v) is 48.8. The Morgan fingerprint density at radius 1 is 0.859 bits per heavy atom. The van der Waals surface area contributed by atoms with Crippen molar-refractivity contribution in [3.63, 3.8) is 0 Å². The van der Waals surface area contributed by atoms with Crippen molar-refractivity contribution >= 4 is 70.1 Å². The fraction of sp³-hybridized carbons (Fsp3) is 0.600. The normalized spacial score (nSPS) is 14.3. The van der Waals surface area contributed by atoms with Gasteiger partial charge in [0.1, 0.15) is 17.9 Å². The van der Waals surface area contributed by atoms with Crippen molar-refractivity contribution in [3.8, 4) is 0 Å². The van der Waals surface area contributed by atoms with E-state index in [0.717, 1.165) is 49.7 Å². The largest absolute Gasteiger partial charge is 0.471 e. The number of anilines is 2. The highest BCUT2D eigenvalue weighted by Crippen LogP contribution is 2.27. The summed E-state index contributed by atoms with van der Waals surface area (Å²) in [6.45, 7) is 7.70. The van der Waals surface area contributed by atoms with Crippen LogP contribution in [0.15, 0.2) is 41.5 Å². The van der Waals surface area contributed by atoms with Crippen molar-refractivity contribution in [1.82, 2.24) is 50.5 Å². The number of aryl methyl sites for hydroxylation is 2. The zero-order valence-electron chi connectivity index (χ0n) is 48.8. The van der Waals surface area contributed by atoms with Crippen LogP contribution >= 0.6 is 0 Å². The van der Waals surface area contributed by atoms with E-state index in [2.05, 4.69) is 51.9 Å². The maximum absolute atomic E-state index is 13.8. The lowest BCUT2D eigenvalue weighted by atomic mass is 10.0. The number of methoxy groups -OCH3 is 1. The van der Waals surface area contributed by atoms with Gasteiger partial charge in [0.2, 0.25) is 23.7 Å². The van der Waals surface area contributed by atoms with Gasteiger partial charge in [0, 0.05) is 88.3 Å². The number of H-pyrrole nitrogens is 1. The fourth-order valence-electron chi connectivity index (χ4n) is 8.56. The molecule has 1 aliphatic rings. The number of likely N-dealkylation sites (tertiary alicyclic amines) is 1. The number of alkyl halides is 3. The van der Waals surface area contributed by atoms with Crippen LogP contribution in [0.5, 0.6) is 0 Å². The number of benzene rings is 1. The van der Waals surface area contributed by atoms with Crippen LogP contribution < -0.4 is 32.1 Å². The first-order chi connectivity index (χ1) is 40.7. The van der Waals surface area contributed by atoms with Crippen LogP contribution in [0.25, 0.3) is 11.2 Å². The molecule has 5 amide bonds. The number of rotatable bonds is 35. The molecule has 1 aromatic carbocycles. The van der Waals surface area contributed by atoms with E-state index < -0.39 is 59.9 Å². The number of nitrogens with one attached hydrogen (secondary N) is 4. The topological polar surface area (TPSA) is 354 Å². The Balaban J connectivity index is 0.00000766. The molecule has 0 bridgehead atoms. The van der Waals surface area contributed by atoms with Crippen LogP contribution in [0, 0.1) is 5.92 Å². The highest BCUT2D eigenvalue weighted by Gasteiger charge is 2.43. The number of ketones is 1. The smallest absolute Gasteiger partial charge is 0.467 e. The first-order valence-corrected chi connectivity index (χ1v) is 28.0. The number of nitrogens with zero attached hydrogens (tertiary/aromatic N) is 8. The van der Waals surface area contributed by atoms with Crippen LogP contribution in [0.4, 0.5) is 24.8 Å². The second-order valence-corrected chi connectivity index (χ2v) is 19.8. The first kappa shape index (κ1) is 69.7. The molecule has 0 saturated carbocycles. The lowest BCUT2D eigenvalue weighted by molar-refractivity contribution is -0.170. The molecule has 85 heavy (non-hydrogen) atoms. The van der Waals surface area contributed by atoms with Crippen LogP contribution in [0.1, 0.15) is 120 Å². The molecule has 1 saturated heterocycles. The second-order valence-electron chi connectivity index (χ2n) is 19.8. The van der Waals surface area contributed by atoms with Gasteiger partial charge < -0.3 is 45.0 Å². The molecule has 27 nitrogen and oxygen atoms in total. The number of aromatic nitrogens is 7. The van der Waals surface area contributed by atoms with Crippen molar-refractivity contribution in [1.29, 1.82) is 0 Å². The third-order valence-electron chi connectivity index (χ3n) is 13.1. The Kier molecular flexibility index (Phi) is 29.6. The Morgan fingerprint density at radius 3 is 2.19 bits per heavy atom. The molecule has 6 N–H and O–H groups in total. The van der Waals surface area contributed by atoms with E-state index in [1.807, 2.05) is 13.1 Å². The quantitative estimate of drug-likeness (QED) is 0.0326. The van der Waals surface area contributed by atoms with Crippen molar-refractivity contribution in [2.24, 2.45) is 11.7 Å². The lowest BCUT2D eigenvalue weighted by Crippen LogP contribution is -2.42. The SMILES string of the molecule is CC[C@@H]1C[C@@H](OC(=O)CCC(=O)NC)CN1C(=O)CCCc1cn(CCCOCCOCCOCCCCC(=O)CC[C@H](NC(=O)c2ccc(N(Cc3cnc4nc(NC(=O)C(C)C)[nH]c(=O)c4n3)C(=O)C(F)(F)F)cc2)C(=O)OC)nn1.CN. The van der Waals surface area contributed by atoms with E-state index in [4.69, 9.17) is 23.7 Å². The number of hydrogen-bond donors (Lipinski definition) is 5. The van der Waals surface area contributed by atoms with Gasteiger partial charge in [-0.05, 0) is 76.3 Å². The maximum Gasteiger partial charge on any atom is 0.471 e. The van der Waals surface area contributed by atoms with Crippen LogP contribution in [0.3, 0.4) is 0 Å². The molecular formula is C55H78F3N13O14. The summed E-state index contributed by atoms with van der Waals surface area (Å²) in [6, 6.07) is 3.18. The number of halogens is 3. The number of Topliss-reactive ketones (excluding diaryl/α,β-unsaturated/α-hetero) is 1. The van der Waals surface area contributed by atoms with Crippen LogP contribution in [0.2, 0.25) is 0 Å². The van der Waals surface area contributed by atoms with Crippen LogP contribution in [-0.2, 0) is 76.8 Å². The van der Waals surface area contributed by atoms with Gasteiger partial charge in [-0.3, -0.25) is 58.2 Å². The molecule has 4 heterocycles. The number of hydrogen-bond acceptors (Lipinski definition) is 20. The van der Waals surface area contributed by atoms with Crippen molar-refractivity contribution in [3.05, 3.63) is 64.0 Å². The Labute approximate surface area is 489 Å². The molecule has 1 fully saturated rings. The Morgan fingerprint density at radius 2 is 1.54 bits per heavy atom. The number of esters is 2. The molecule has 5 rings (SSSR count). The van der Waals surface area contributed by atoms with Gasteiger partial charge in [-0.1, -0.05) is 26.0 Å². The minimum absolute atomic E-state index is 0.00437. The monoisotopic (exact) mass is 1200 g/mol. The average Bonchev–Trinajstić information content (AvgIpc) is 4.23. The predicted molar refractivity (Wildman–Crippen MR) is 300 cm³/mol. The van der Waals surface area contributed by atoms with Crippen molar-refractivity contribution in [2.45, 2.75) is 142 Å². The summed E-state index contributed by atoms with van der Waals surface area (Å²) in [6.07, 6.45) is 1.88. The second kappa shape index (κ2) is 36.1. The highest BCUT2D eigenvalue weighted by molar-refractivity contribution is 6.00. The molecular weight excluding hydrogens is 1120 g/mol. The summed E-state index contributed by atoms with van der Waals surface area (Å²) in [5.41, 5.74) is 3.24. The lowest BCUT2D eigenvalue weighted by Gasteiger charge is -2.24. The number of unbranched alkanes of at least 4 members (excludes halogenated alkanes) is 1. The molecule has 0 aliphatic carbocycles. The number of aromatic amines is 1. The fourth-order valence-corrected chi connectivity index (χ4v) is 8.56. The standard InChI is InChI=1S/C54H73F3N12O14.CH5N/c1-6-38-29-41(83-45(73)21-20-43(71)58-4)33-68(38)44(72)13-9-11-36-31-67(66-65-36)22-10-24-81-26-28-82-27-25-80-23-8-7-12-40(70)18-19-42(51(77)79-5)61-49(75)35-14-16-39(17-15-35)69(52(78)54(55,56)57)32-37-30-59-47-46(60-37)50(76)64-53(62-47)63-48(74)34(2)3;1-2/h14-17,30-31,34,38,41-42H,6-13,18-29,32-33H2,1-5H3,(H,58,71)(H,61,75)(H2,59,62,63,64,74,76);2H2,1H3/t38-,41-,42+;/m1./s1. The van der Waals surface area contributed by atoms with E-state index in [9.17, 15) is 56.3 Å². The molecule has 3 atom stereocenters. The molecule has 4 aromatic rings. The number of amides is 5. The number of carbonyl (C=O) groups is 8. The minimum Gasteiger partial charge on any atom is -0.467 e. The van der Waals surface area contributed by atoms with Gasteiger partial charge in [-0.25, -0.2) is 14.8 Å². The minimum atomic E-state index is -5.34. The van der Waals surface area contributed by atoms with E-state index in [1.165, 1.54) is 14.1 Å². The van der Waals surface area contributed by atoms with Gasteiger partial charge >= 0.3 is 24.0 Å². The highest BCUT2D eigenvalue weighted by atomic mass is 19.4. The number of fused-ring (bicyclic) bond motifs is 1. The Hall–Kier alpha value is -7.83. The van der Waals surface area contributed by atoms with E-state index in [1.54, 1.807) is 23.4 Å². The zero-order chi connectivity index (χ0) is 62.5. The summed E-state index contributed by atoms with van der Waals surface area (Å²) in [5.74, 6) is -5.86. The van der Waals surface area contributed by atoms with Gasteiger partial charge in [0.15, 0.2) is 11.2 Å². The summed E-state index contributed by atoms with van der Waals surface area (Å²) in [5, 5.41) is 15.8. The van der Waals surface area contributed by atoms with E-state index >= 15 is 0 Å².